The topological polar surface area (TPSA) is 78.2 Å². The SMILES string of the molecule is CN1CCN(c2cc3ncc(=O)[nH]c3cc2N)CC1. The van der Waals surface area contributed by atoms with Gasteiger partial charge in [-0.15, -0.1) is 0 Å². The Bertz CT molecular complexity index is 658. The van der Waals surface area contributed by atoms with Crippen molar-refractivity contribution in [1.29, 1.82) is 0 Å². The zero-order valence-electron chi connectivity index (χ0n) is 10.9. The number of aromatic nitrogens is 2. The molecule has 0 aliphatic carbocycles. The van der Waals surface area contributed by atoms with E-state index in [9.17, 15) is 4.79 Å². The molecular weight excluding hydrogens is 242 g/mol. The van der Waals surface area contributed by atoms with Crippen molar-refractivity contribution in [3.05, 3.63) is 28.7 Å². The number of rotatable bonds is 1. The number of piperazine rings is 1. The fourth-order valence-corrected chi connectivity index (χ4v) is 2.42. The first-order valence-corrected chi connectivity index (χ1v) is 6.35. The minimum atomic E-state index is -0.209. The van der Waals surface area contributed by atoms with Crippen LogP contribution in [0.25, 0.3) is 11.0 Å². The van der Waals surface area contributed by atoms with Crippen LogP contribution >= 0.6 is 0 Å². The first-order chi connectivity index (χ1) is 9.13. The summed E-state index contributed by atoms with van der Waals surface area (Å²) in [7, 11) is 2.12. The molecule has 1 aromatic heterocycles. The van der Waals surface area contributed by atoms with E-state index in [1.54, 1.807) is 6.07 Å². The molecule has 3 N–H and O–H groups in total. The van der Waals surface area contributed by atoms with Gasteiger partial charge in [0, 0.05) is 26.2 Å². The number of anilines is 2. The Morgan fingerprint density at radius 2 is 2.00 bits per heavy atom. The molecule has 0 atom stereocenters. The summed E-state index contributed by atoms with van der Waals surface area (Å²) in [5.41, 5.74) is 9.02. The van der Waals surface area contributed by atoms with E-state index in [-0.39, 0.29) is 5.56 Å². The van der Waals surface area contributed by atoms with Gasteiger partial charge in [0.05, 0.1) is 28.6 Å². The number of nitrogens with two attached hydrogens (primary N) is 1. The number of likely N-dealkylation sites (N-methyl/N-ethyl adjacent to an activating group) is 1. The van der Waals surface area contributed by atoms with Gasteiger partial charge >= 0.3 is 0 Å². The smallest absolute Gasteiger partial charge is 0.266 e. The van der Waals surface area contributed by atoms with E-state index >= 15 is 0 Å². The molecule has 1 aromatic carbocycles. The van der Waals surface area contributed by atoms with Crippen LogP contribution in [0, 0.1) is 0 Å². The molecule has 19 heavy (non-hydrogen) atoms. The second-order valence-electron chi connectivity index (χ2n) is 4.97. The number of benzene rings is 1. The van der Waals surface area contributed by atoms with Crippen molar-refractivity contribution in [2.24, 2.45) is 0 Å². The summed E-state index contributed by atoms with van der Waals surface area (Å²) in [5.74, 6) is 0. The highest BCUT2D eigenvalue weighted by atomic mass is 16.1. The van der Waals surface area contributed by atoms with E-state index < -0.39 is 0 Å². The Kier molecular flexibility index (Phi) is 2.87. The van der Waals surface area contributed by atoms with Gasteiger partial charge in [-0.1, -0.05) is 0 Å². The van der Waals surface area contributed by atoms with Crippen LogP contribution in [0.3, 0.4) is 0 Å². The van der Waals surface area contributed by atoms with Crippen molar-refractivity contribution in [3.8, 4) is 0 Å². The predicted octanol–water partition coefficient (Wildman–Crippen LogP) is 0.257. The highest BCUT2D eigenvalue weighted by molar-refractivity contribution is 5.86. The molecular formula is C13H17N5O. The molecule has 6 nitrogen and oxygen atoms in total. The maximum absolute atomic E-state index is 11.2. The molecule has 0 saturated carbocycles. The number of fused-ring (bicyclic) bond motifs is 1. The number of hydrogen-bond acceptors (Lipinski definition) is 5. The second kappa shape index (κ2) is 4.55. The van der Waals surface area contributed by atoms with Gasteiger partial charge in [0.15, 0.2) is 0 Å². The van der Waals surface area contributed by atoms with Gasteiger partial charge < -0.3 is 20.5 Å². The summed E-state index contributed by atoms with van der Waals surface area (Å²) in [6.45, 7) is 3.96. The van der Waals surface area contributed by atoms with Gasteiger partial charge in [0.2, 0.25) is 0 Å². The van der Waals surface area contributed by atoms with E-state index in [1.807, 2.05) is 6.07 Å². The van der Waals surface area contributed by atoms with Crippen LogP contribution in [0.4, 0.5) is 11.4 Å². The second-order valence-corrected chi connectivity index (χ2v) is 4.97. The van der Waals surface area contributed by atoms with Gasteiger partial charge in [-0.2, -0.15) is 0 Å². The summed E-state index contributed by atoms with van der Waals surface area (Å²) >= 11 is 0. The maximum atomic E-state index is 11.2. The van der Waals surface area contributed by atoms with Crippen LogP contribution in [0.1, 0.15) is 0 Å². The van der Waals surface area contributed by atoms with Crippen molar-refractivity contribution >= 4 is 22.4 Å². The molecule has 100 valence electrons. The van der Waals surface area contributed by atoms with Gasteiger partial charge in [-0.3, -0.25) is 4.79 Å². The van der Waals surface area contributed by atoms with Crippen molar-refractivity contribution in [2.75, 3.05) is 43.9 Å². The fraction of sp³-hybridized carbons (Fsp3) is 0.385. The van der Waals surface area contributed by atoms with Crippen molar-refractivity contribution in [1.82, 2.24) is 14.9 Å². The minimum Gasteiger partial charge on any atom is -0.397 e. The van der Waals surface area contributed by atoms with E-state index in [4.69, 9.17) is 5.73 Å². The minimum absolute atomic E-state index is 0.209. The molecule has 0 spiro atoms. The lowest BCUT2D eigenvalue weighted by molar-refractivity contribution is 0.313. The largest absolute Gasteiger partial charge is 0.397 e. The molecule has 3 rings (SSSR count). The molecule has 6 heteroatoms. The Morgan fingerprint density at radius 3 is 2.74 bits per heavy atom. The monoisotopic (exact) mass is 259 g/mol. The Balaban J connectivity index is 2.02. The molecule has 0 bridgehead atoms. The van der Waals surface area contributed by atoms with E-state index in [1.165, 1.54) is 6.20 Å². The average molecular weight is 259 g/mol. The Hall–Kier alpha value is -2.08. The Labute approximate surface area is 110 Å². The van der Waals surface area contributed by atoms with Crippen molar-refractivity contribution in [2.45, 2.75) is 0 Å². The standard InChI is InChI=1S/C13H17N5O/c1-17-2-4-18(5-3-17)12-7-10-11(6-9(12)14)16-13(19)8-15-10/h6-8H,2-5,14H2,1H3,(H,16,19). The fourth-order valence-electron chi connectivity index (χ4n) is 2.42. The highest BCUT2D eigenvalue weighted by Crippen LogP contribution is 2.27. The van der Waals surface area contributed by atoms with Gasteiger partial charge in [0.25, 0.3) is 5.56 Å². The van der Waals surface area contributed by atoms with Crippen LogP contribution in [0.5, 0.6) is 0 Å². The van der Waals surface area contributed by atoms with Crippen molar-refractivity contribution in [3.63, 3.8) is 0 Å². The summed E-state index contributed by atoms with van der Waals surface area (Å²) < 4.78 is 0. The summed E-state index contributed by atoms with van der Waals surface area (Å²) in [6, 6.07) is 3.74. The van der Waals surface area contributed by atoms with Crippen LogP contribution in [-0.4, -0.2) is 48.1 Å². The molecule has 2 heterocycles. The number of H-pyrrole nitrogens is 1. The normalized spacial score (nSPS) is 17.0. The van der Waals surface area contributed by atoms with Gasteiger partial charge in [-0.05, 0) is 19.2 Å². The number of nitrogens with one attached hydrogen (secondary N) is 1. The Morgan fingerprint density at radius 1 is 1.26 bits per heavy atom. The summed E-state index contributed by atoms with van der Waals surface area (Å²) in [4.78, 5) is 22.7. The molecule has 1 fully saturated rings. The summed E-state index contributed by atoms with van der Waals surface area (Å²) in [6.07, 6.45) is 1.30. The van der Waals surface area contributed by atoms with Gasteiger partial charge in [0.1, 0.15) is 0 Å². The third-order valence-corrected chi connectivity index (χ3v) is 3.57. The lowest BCUT2D eigenvalue weighted by atomic mass is 10.2. The lowest BCUT2D eigenvalue weighted by Gasteiger charge is -2.34. The quantitative estimate of drug-likeness (QED) is 0.718. The molecule has 0 amide bonds. The van der Waals surface area contributed by atoms with E-state index in [0.717, 1.165) is 37.4 Å². The molecule has 1 aliphatic rings. The average Bonchev–Trinajstić information content (AvgIpc) is 2.39. The zero-order chi connectivity index (χ0) is 13.4. The first-order valence-electron chi connectivity index (χ1n) is 6.35. The lowest BCUT2D eigenvalue weighted by Crippen LogP contribution is -2.44. The number of aromatic amines is 1. The number of nitrogen functional groups attached to an aromatic ring is 1. The van der Waals surface area contributed by atoms with Crippen LogP contribution in [-0.2, 0) is 0 Å². The van der Waals surface area contributed by atoms with Crippen molar-refractivity contribution < 1.29 is 0 Å². The summed E-state index contributed by atoms with van der Waals surface area (Å²) in [5, 5.41) is 0. The van der Waals surface area contributed by atoms with Gasteiger partial charge in [-0.25, -0.2) is 4.98 Å². The maximum Gasteiger partial charge on any atom is 0.266 e. The number of nitrogens with zero attached hydrogens (tertiary/aromatic N) is 3. The van der Waals surface area contributed by atoms with Crippen LogP contribution < -0.4 is 16.2 Å². The molecule has 0 radical (unpaired) electrons. The molecule has 1 aliphatic heterocycles. The van der Waals surface area contributed by atoms with Crippen LogP contribution in [0.15, 0.2) is 23.1 Å². The third kappa shape index (κ3) is 2.26. The predicted molar refractivity (Wildman–Crippen MR) is 76.5 cm³/mol. The third-order valence-electron chi connectivity index (χ3n) is 3.57. The highest BCUT2D eigenvalue weighted by Gasteiger charge is 2.17. The zero-order valence-corrected chi connectivity index (χ0v) is 10.9. The van der Waals surface area contributed by atoms with E-state index in [2.05, 4.69) is 26.8 Å². The van der Waals surface area contributed by atoms with Crippen LogP contribution in [0.2, 0.25) is 0 Å². The van der Waals surface area contributed by atoms with E-state index in [0.29, 0.717) is 11.2 Å². The number of hydrogen-bond donors (Lipinski definition) is 2. The molecule has 1 saturated heterocycles. The molecule has 2 aromatic rings. The molecule has 0 unspecified atom stereocenters. The first kappa shape index (κ1) is 12.0.